The summed E-state index contributed by atoms with van der Waals surface area (Å²) in [4.78, 5) is 8.13. The van der Waals surface area contributed by atoms with Crippen molar-refractivity contribution in [1.82, 2.24) is 24.6 Å². The van der Waals surface area contributed by atoms with Crippen molar-refractivity contribution in [2.75, 3.05) is 5.73 Å². The number of fused-ring (bicyclic) bond motifs is 1. The molecule has 0 spiro atoms. The van der Waals surface area contributed by atoms with Crippen LogP contribution < -0.4 is 5.73 Å². The van der Waals surface area contributed by atoms with Crippen LogP contribution in [0.25, 0.3) is 16.8 Å². The normalized spacial score (nSPS) is 11.2. The minimum absolute atomic E-state index is 0.431. The molecule has 0 atom stereocenters. The van der Waals surface area contributed by atoms with Gasteiger partial charge in [0.2, 0.25) is 5.95 Å². The lowest BCUT2D eigenvalue weighted by atomic mass is 10.1. The molecular formula is C11H12N6. The first kappa shape index (κ1) is 9.83. The van der Waals surface area contributed by atoms with Crippen molar-refractivity contribution < 1.29 is 0 Å². The zero-order valence-electron chi connectivity index (χ0n) is 9.60. The van der Waals surface area contributed by atoms with Crippen LogP contribution in [0.3, 0.4) is 0 Å². The Bertz CT molecular complexity index is 674. The maximum atomic E-state index is 5.79. The van der Waals surface area contributed by atoms with Crippen molar-refractivity contribution in [1.29, 1.82) is 0 Å². The van der Waals surface area contributed by atoms with Gasteiger partial charge >= 0.3 is 0 Å². The predicted octanol–water partition coefficient (Wildman–Crippen LogP) is 1.32. The van der Waals surface area contributed by atoms with E-state index < -0.39 is 0 Å². The highest BCUT2D eigenvalue weighted by molar-refractivity contribution is 5.72. The van der Waals surface area contributed by atoms with E-state index in [1.165, 1.54) is 6.33 Å². The Morgan fingerprint density at radius 1 is 1.29 bits per heavy atom. The number of nitrogen functional groups attached to an aromatic ring is 1. The zero-order chi connectivity index (χ0) is 12.0. The van der Waals surface area contributed by atoms with Crippen LogP contribution in [0, 0.1) is 13.8 Å². The molecular weight excluding hydrogens is 216 g/mol. The second-order valence-corrected chi connectivity index (χ2v) is 4.00. The van der Waals surface area contributed by atoms with Crippen LogP contribution in [0.4, 0.5) is 5.95 Å². The quantitative estimate of drug-likeness (QED) is 0.657. The second-order valence-electron chi connectivity index (χ2n) is 4.00. The van der Waals surface area contributed by atoms with E-state index in [1.54, 1.807) is 4.40 Å². The molecule has 0 unspecified atom stereocenters. The van der Waals surface area contributed by atoms with Gasteiger partial charge in [-0.2, -0.15) is 5.10 Å². The number of anilines is 1. The molecule has 3 aromatic heterocycles. The third kappa shape index (κ3) is 1.37. The van der Waals surface area contributed by atoms with Gasteiger partial charge in [0.05, 0.1) is 5.69 Å². The van der Waals surface area contributed by atoms with Crippen molar-refractivity contribution >= 4 is 11.6 Å². The molecule has 0 amide bonds. The van der Waals surface area contributed by atoms with Crippen molar-refractivity contribution in [2.24, 2.45) is 0 Å². The van der Waals surface area contributed by atoms with E-state index in [1.807, 2.05) is 26.1 Å². The van der Waals surface area contributed by atoms with Crippen LogP contribution in [-0.4, -0.2) is 24.6 Å². The maximum Gasteiger partial charge on any atom is 0.207 e. The summed E-state index contributed by atoms with van der Waals surface area (Å²) < 4.78 is 1.77. The first-order valence-electron chi connectivity index (χ1n) is 5.27. The fraction of sp³-hybridized carbons (Fsp3) is 0.182. The lowest BCUT2D eigenvalue weighted by Crippen LogP contribution is -1.99. The molecule has 0 saturated heterocycles. The zero-order valence-corrected chi connectivity index (χ0v) is 9.60. The number of aryl methyl sites for hydroxylation is 2. The van der Waals surface area contributed by atoms with E-state index in [0.717, 1.165) is 28.2 Å². The van der Waals surface area contributed by atoms with Gasteiger partial charge in [0.25, 0.3) is 0 Å². The van der Waals surface area contributed by atoms with Gasteiger partial charge in [-0.05, 0) is 19.9 Å². The number of aromatic amines is 1. The molecule has 3 aromatic rings. The molecule has 3 rings (SSSR count). The molecule has 3 heterocycles. The highest BCUT2D eigenvalue weighted by atomic mass is 15.1. The van der Waals surface area contributed by atoms with E-state index in [0.29, 0.717) is 5.95 Å². The molecule has 6 heteroatoms. The van der Waals surface area contributed by atoms with Gasteiger partial charge in [-0.25, -0.2) is 9.97 Å². The molecule has 0 fully saturated rings. The first-order valence-corrected chi connectivity index (χ1v) is 5.27. The lowest BCUT2D eigenvalue weighted by Gasteiger charge is -1.96. The molecule has 6 nitrogen and oxygen atoms in total. The largest absolute Gasteiger partial charge is 0.369 e. The smallest absolute Gasteiger partial charge is 0.207 e. The summed E-state index contributed by atoms with van der Waals surface area (Å²) >= 11 is 0. The summed E-state index contributed by atoms with van der Waals surface area (Å²) in [7, 11) is 0. The van der Waals surface area contributed by atoms with Crippen molar-refractivity contribution in [3.8, 4) is 11.1 Å². The molecule has 0 aliphatic rings. The molecule has 3 N–H and O–H groups in total. The summed E-state index contributed by atoms with van der Waals surface area (Å²) in [6, 6.07) is 1.98. The van der Waals surface area contributed by atoms with Gasteiger partial charge in [0.15, 0.2) is 0 Å². The van der Waals surface area contributed by atoms with Gasteiger partial charge in [-0.15, -0.1) is 0 Å². The van der Waals surface area contributed by atoms with Crippen molar-refractivity contribution in [3.63, 3.8) is 0 Å². The fourth-order valence-corrected chi connectivity index (χ4v) is 2.06. The fourth-order valence-electron chi connectivity index (χ4n) is 2.06. The van der Waals surface area contributed by atoms with Crippen LogP contribution in [0.5, 0.6) is 0 Å². The monoisotopic (exact) mass is 228 g/mol. The summed E-state index contributed by atoms with van der Waals surface area (Å²) in [5.74, 6) is 0.431. The summed E-state index contributed by atoms with van der Waals surface area (Å²) in [5.41, 5.74) is 10.7. The molecule has 0 aromatic carbocycles. The van der Waals surface area contributed by atoms with Crippen LogP contribution in [0.15, 0.2) is 18.6 Å². The maximum absolute atomic E-state index is 5.79. The minimum atomic E-state index is 0.431. The van der Waals surface area contributed by atoms with Gasteiger partial charge in [-0.1, -0.05) is 0 Å². The average molecular weight is 228 g/mol. The van der Waals surface area contributed by atoms with Gasteiger partial charge in [0, 0.05) is 23.0 Å². The highest BCUT2D eigenvalue weighted by Gasteiger charge is 2.12. The number of hydrogen-bond acceptors (Lipinski definition) is 4. The molecule has 0 aliphatic heterocycles. The SMILES string of the molecule is Cc1n[nH]c(C)c1-c1cc2ncnc(N)n2c1. The Hall–Kier alpha value is -2.37. The van der Waals surface area contributed by atoms with Crippen LogP contribution >= 0.6 is 0 Å². The minimum Gasteiger partial charge on any atom is -0.369 e. The van der Waals surface area contributed by atoms with E-state index >= 15 is 0 Å². The van der Waals surface area contributed by atoms with Crippen molar-refractivity contribution in [2.45, 2.75) is 13.8 Å². The van der Waals surface area contributed by atoms with Gasteiger partial charge < -0.3 is 5.73 Å². The molecule has 0 radical (unpaired) electrons. The predicted molar refractivity (Wildman–Crippen MR) is 64.5 cm³/mol. The van der Waals surface area contributed by atoms with E-state index in [2.05, 4.69) is 20.2 Å². The van der Waals surface area contributed by atoms with Crippen molar-refractivity contribution in [3.05, 3.63) is 30.0 Å². The lowest BCUT2D eigenvalue weighted by molar-refractivity contribution is 1.02. The second kappa shape index (κ2) is 3.31. The number of H-pyrrole nitrogens is 1. The molecule has 17 heavy (non-hydrogen) atoms. The Morgan fingerprint density at radius 3 is 2.76 bits per heavy atom. The topological polar surface area (TPSA) is 84.9 Å². The average Bonchev–Trinajstić information content (AvgIpc) is 2.84. The van der Waals surface area contributed by atoms with Gasteiger partial charge in [0.1, 0.15) is 12.0 Å². The van der Waals surface area contributed by atoms with Gasteiger partial charge in [-0.3, -0.25) is 9.50 Å². The molecule has 0 bridgehead atoms. The van der Waals surface area contributed by atoms with E-state index in [4.69, 9.17) is 5.73 Å². The van der Waals surface area contributed by atoms with Crippen LogP contribution in [0.1, 0.15) is 11.4 Å². The van der Waals surface area contributed by atoms with Crippen LogP contribution in [-0.2, 0) is 0 Å². The summed E-state index contributed by atoms with van der Waals surface area (Å²) in [6.07, 6.45) is 3.39. The first-order chi connectivity index (χ1) is 8.16. The molecule has 86 valence electrons. The van der Waals surface area contributed by atoms with E-state index in [-0.39, 0.29) is 0 Å². The number of nitrogens with zero attached hydrogens (tertiary/aromatic N) is 4. The number of aromatic nitrogens is 5. The number of nitrogens with two attached hydrogens (primary N) is 1. The Kier molecular flexibility index (Phi) is 1.91. The summed E-state index contributed by atoms with van der Waals surface area (Å²) in [6.45, 7) is 3.96. The third-order valence-corrected chi connectivity index (χ3v) is 2.84. The van der Waals surface area contributed by atoms with E-state index in [9.17, 15) is 0 Å². The van der Waals surface area contributed by atoms with Crippen LogP contribution in [0.2, 0.25) is 0 Å². The molecule has 0 saturated carbocycles. The number of nitrogens with one attached hydrogen (secondary N) is 1. The number of hydrogen-bond donors (Lipinski definition) is 2. The number of rotatable bonds is 1. The summed E-state index contributed by atoms with van der Waals surface area (Å²) in [5, 5.41) is 7.15. The Morgan fingerprint density at radius 2 is 2.12 bits per heavy atom. The Balaban J connectivity index is 2.29. The third-order valence-electron chi connectivity index (χ3n) is 2.84. The standard InChI is InChI=1S/C11H12N6/c1-6-10(7(2)16-15-6)8-3-9-13-5-14-11(12)17(9)4-8/h3-5H,1-2H3,(H,15,16)(H2,12,13,14). The molecule has 0 aliphatic carbocycles. The highest BCUT2D eigenvalue weighted by Crippen LogP contribution is 2.27. The Labute approximate surface area is 97.5 Å².